The lowest BCUT2D eigenvalue weighted by molar-refractivity contribution is -0.139. The minimum absolute atomic E-state index is 0.226. The Balaban J connectivity index is 1.55. The van der Waals surface area contributed by atoms with E-state index >= 15 is 0 Å². The van der Waals surface area contributed by atoms with Crippen molar-refractivity contribution >= 4 is 5.91 Å². The van der Waals surface area contributed by atoms with Gasteiger partial charge in [0.2, 0.25) is 5.91 Å². The molecule has 2 aromatic rings. The van der Waals surface area contributed by atoms with Gasteiger partial charge in [0.05, 0.1) is 24.8 Å². The quantitative estimate of drug-likeness (QED) is 0.761. The molecule has 9 heteroatoms. The number of pyridine rings is 1. The zero-order valence-corrected chi connectivity index (χ0v) is 16.2. The summed E-state index contributed by atoms with van der Waals surface area (Å²) in [7, 11) is 0. The lowest BCUT2D eigenvalue weighted by Crippen LogP contribution is -2.36. The van der Waals surface area contributed by atoms with Gasteiger partial charge in [-0.3, -0.25) is 9.59 Å². The zero-order chi connectivity index (χ0) is 21.3. The molecule has 1 fully saturated rings. The average molecular weight is 422 g/mol. The summed E-state index contributed by atoms with van der Waals surface area (Å²) in [6, 6.07) is 6.87. The standard InChI is InChI=1S/C21H21F3N2O4/c22-21(23,24)15-5-7-19(27)25(12-15)13-20(28)26-8-1-3-16(26)14-4-6-17-18(11-14)30-10-2-9-29-17/h4-7,11-12,16H,1-3,8-10,13H2. The highest BCUT2D eigenvalue weighted by Crippen LogP contribution is 2.38. The fourth-order valence-corrected chi connectivity index (χ4v) is 3.86. The van der Waals surface area contributed by atoms with Crippen LogP contribution in [0.1, 0.15) is 36.4 Å². The van der Waals surface area contributed by atoms with E-state index in [1.807, 2.05) is 18.2 Å². The highest BCUT2D eigenvalue weighted by atomic mass is 19.4. The maximum atomic E-state index is 13.0. The summed E-state index contributed by atoms with van der Waals surface area (Å²) in [5.74, 6) is 0.882. The van der Waals surface area contributed by atoms with Gasteiger partial charge in [0.25, 0.3) is 5.56 Å². The van der Waals surface area contributed by atoms with Gasteiger partial charge in [0.15, 0.2) is 11.5 Å². The lowest BCUT2D eigenvalue weighted by atomic mass is 10.0. The van der Waals surface area contributed by atoms with Crippen LogP contribution >= 0.6 is 0 Å². The fraction of sp³-hybridized carbons (Fsp3) is 0.429. The van der Waals surface area contributed by atoms with Gasteiger partial charge in [-0.2, -0.15) is 13.2 Å². The Kier molecular flexibility index (Phi) is 5.44. The van der Waals surface area contributed by atoms with Gasteiger partial charge in [-0.15, -0.1) is 0 Å². The van der Waals surface area contributed by atoms with Crippen molar-refractivity contribution in [1.82, 2.24) is 9.47 Å². The number of hydrogen-bond acceptors (Lipinski definition) is 4. The van der Waals surface area contributed by atoms with Gasteiger partial charge in [0.1, 0.15) is 6.54 Å². The van der Waals surface area contributed by atoms with Gasteiger partial charge in [-0.05, 0) is 36.6 Å². The molecule has 2 aliphatic rings. The third-order valence-corrected chi connectivity index (χ3v) is 5.35. The number of aromatic nitrogens is 1. The highest BCUT2D eigenvalue weighted by molar-refractivity contribution is 5.77. The first-order valence-electron chi connectivity index (χ1n) is 9.79. The van der Waals surface area contributed by atoms with Crippen molar-refractivity contribution in [3.05, 3.63) is 58.0 Å². The molecule has 1 unspecified atom stereocenters. The minimum Gasteiger partial charge on any atom is -0.490 e. The van der Waals surface area contributed by atoms with E-state index in [0.29, 0.717) is 37.5 Å². The van der Waals surface area contributed by atoms with E-state index in [4.69, 9.17) is 9.47 Å². The molecule has 0 bridgehead atoms. The number of benzene rings is 1. The molecular formula is C21H21F3N2O4. The van der Waals surface area contributed by atoms with Crippen LogP contribution in [0.4, 0.5) is 13.2 Å². The molecular weight excluding hydrogens is 401 g/mol. The monoisotopic (exact) mass is 422 g/mol. The van der Waals surface area contributed by atoms with Gasteiger partial charge >= 0.3 is 6.18 Å². The summed E-state index contributed by atoms with van der Waals surface area (Å²) in [6.07, 6.45) is -1.62. The maximum Gasteiger partial charge on any atom is 0.417 e. The maximum absolute atomic E-state index is 13.0. The molecule has 0 aliphatic carbocycles. The summed E-state index contributed by atoms with van der Waals surface area (Å²) in [4.78, 5) is 26.5. The van der Waals surface area contributed by atoms with Crippen LogP contribution in [-0.4, -0.2) is 35.1 Å². The van der Waals surface area contributed by atoms with E-state index in [-0.39, 0.29) is 6.04 Å². The van der Waals surface area contributed by atoms with Gasteiger partial charge < -0.3 is 18.9 Å². The average Bonchev–Trinajstić information content (AvgIpc) is 3.07. The molecule has 0 saturated carbocycles. The number of carbonyl (C=O) groups is 1. The second-order valence-electron chi connectivity index (χ2n) is 7.38. The second kappa shape index (κ2) is 8.04. The third-order valence-electron chi connectivity index (χ3n) is 5.35. The van der Waals surface area contributed by atoms with Crippen molar-refractivity contribution in [3.63, 3.8) is 0 Å². The van der Waals surface area contributed by atoms with Crippen LogP contribution in [0.2, 0.25) is 0 Å². The number of carbonyl (C=O) groups excluding carboxylic acids is 1. The summed E-state index contributed by atoms with van der Waals surface area (Å²) in [5, 5.41) is 0. The highest BCUT2D eigenvalue weighted by Gasteiger charge is 2.33. The zero-order valence-electron chi connectivity index (χ0n) is 16.2. The fourth-order valence-electron chi connectivity index (χ4n) is 3.86. The van der Waals surface area contributed by atoms with Gasteiger partial charge in [-0.1, -0.05) is 6.07 Å². The van der Waals surface area contributed by atoms with Crippen LogP contribution < -0.4 is 15.0 Å². The van der Waals surface area contributed by atoms with E-state index in [1.54, 1.807) is 4.90 Å². The first-order valence-corrected chi connectivity index (χ1v) is 9.79. The predicted molar refractivity (Wildman–Crippen MR) is 101 cm³/mol. The molecule has 1 atom stereocenters. The van der Waals surface area contributed by atoms with Crippen molar-refractivity contribution in [1.29, 1.82) is 0 Å². The number of likely N-dealkylation sites (tertiary alicyclic amines) is 1. The summed E-state index contributed by atoms with van der Waals surface area (Å²) >= 11 is 0. The van der Waals surface area contributed by atoms with Crippen LogP contribution in [0.5, 0.6) is 11.5 Å². The van der Waals surface area contributed by atoms with E-state index in [0.717, 1.165) is 41.5 Å². The number of fused-ring (bicyclic) bond motifs is 1. The number of amides is 1. The SMILES string of the molecule is O=C(Cn1cc(C(F)(F)F)ccc1=O)N1CCCC1c1ccc2c(c1)OCCCO2. The molecule has 0 spiro atoms. The molecule has 0 radical (unpaired) electrons. The van der Waals surface area contributed by atoms with Crippen LogP contribution in [0.25, 0.3) is 0 Å². The van der Waals surface area contributed by atoms with Crippen LogP contribution in [0, 0.1) is 0 Å². The molecule has 1 saturated heterocycles. The van der Waals surface area contributed by atoms with Crippen LogP contribution in [0.3, 0.4) is 0 Å². The molecule has 6 nitrogen and oxygen atoms in total. The summed E-state index contributed by atoms with van der Waals surface area (Å²) in [6.45, 7) is 1.16. The number of nitrogens with zero attached hydrogens (tertiary/aromatic N) is 2. The lowest BCUT2D eigenvalue weighted by Gasteiger charge is -2.26. The topological polar surface area (TPSA) is 60.8 Å². The number of hydrogen-bond donors (Lipinski definition) is 0. The minimum atomic E-state index is -4.58. The Morgan fingerprint density at radius 3 is 2.60 bits per heavy atom. The molecule has 0 N–H and O–H groups in total. The summed E-state index contributed by atoms with van der Waals surface area (Å²) in [5.41, 5.74) is -0.736. The predicted octanol–water partition coefficient (Wildman–Crippen LogP) is 3.39. The first-order chi connectivity index (χ1) is 14.3. The number of rotatable bonds is 3. The normalized spacial score (nSPS) is 18.9. The summed E-state index contributed by atoms with van der Waals surface area (Å²) < 4.78 is 51.0. The first kappa shape index (κ1) is 20.3. The third kappa shape index (κ3) is 4.15. The van der Waals surface area contributed by atoms with Crippen molar-refractivity contribution in [3.8, 4) is 11.5 Å². The number of ether oxygens (including phenoxy) is 2. The van der Waals surface area contributed by atoms with Crippen LogP contribution in [-0.2, 0) is 17.5 Å². The number of halogens is 3. The molecule has 1 aromatic heterocycles. The molecule has 1 aromatic carbocycles. The van der Waals surface area contributed by atoms with E-state index in [2.05, 4.69) is 0 Å². The molecule has 2 aliphatic heterocycles. The van der Waals surface area contributed by atoms with Crippen molar-refractivity contribution in [2.24, 2.45) is 0 Å². The molecule has 1 amide bonds. The van der Waals surface area contributed by atoms with E-state index in [1.165, 1.54) is 0 Å². The Morgan fingerprint density at radius 1 is 1.07 bits per heavy atom. The van der Waals surface area contributed by atoms with Crippen LogP contribution in [0.15, 0.2) is 41.3 Å². The van der Waals surface area contributed by atoms with Gasteiger partial charge in [-0.25, -0.2) is 0 Å². The molecule has 160 valence electrons. The van der Waals surface area contributed by atoms with Crippen molar-refractivity contribution < 1.29 is 27.4 Å². The van der Waals surface area contributed by atoms with Crippen molar-refractivity contribution in [2.45, 2.75) is 38.0 Å². The Hall–Kier alpha value is -2.97. The van der Waals surface area contributed by atoms with Gasteiger partial charge in [0, 0.05) is 25.2 Å². The molecule has 4 rings (SSSR count). The van der Waals surface area contributed by atoms with E-state index in [9.17, 15) is 22.8 Å². The molecule has 30 heavy (non-hydrogen) atoms. The largest absolute Gasteiger partial charge is 0.490 e. The Bertz CT molecular complexity index is 1000. The second-order valence-corrected chi connectivity index (χ2v) is 7.38. The van der Waals surface area contributed by atoms with E-state index < -0.39 is 29.8 Å². The Morgan fingerprint density at radius 2 is 1.83 bits per heavy atom. The molecule has 3 heterocycles. The van der Waals surface area contributed by atoms with Crippen molar-refractivity contribution in [2.75, 3.05) is 19.8 Å². The smallest absolute Gasteiger partial charge is 0.417 e. The Labute approximate surface area is 170 Å². The number of alkyl halides is 3.